The van der Waals surface area contributed by atoms with Crippen molar-refractivity contribution in [2.24, 2.45) is 0 Å². The maximum Gasteiger partial charge on any atom is 0.335 e. The first-order valence-electron chi connectivity index (χ1n) is 8.70. The number of hydrogen-bond donors (Lipinski definition) is 0. The van der Waals surface area contributed by atoms with E-state index in [1.165, 1.54) is 14.2 Å². The molecule has 0 saturated carbocycles. The molecular weight excluding hydrogens is 434 g/mol. The van der Waals surface area contributed by atoms with Gasteiger partial charge in [0.2, 0.25) is 11.6 Å². The van der Waals surface area contributed by atoms with Crippen molar-refractivity contribution in [1.82, 2.24) is 5.06 Å². The smallest absolute Gasteiger partial charge is 0.335 e. The molecule has 1 aliphatic rings. The monoisotopic (exact) mass is 453 g/mol. The summed E-state index contributed by atoms with van der Waals surface area (Å²) in [6, 6.07) is 0.0946. The summed E-state index contributed by atoms with van der Waals surface area (Å²) in [5.74, 6) is -10.8. The second-order valence-corrected chi connectivity index (χ2v) is 5.80. The predicted octanol–water partition coefficient (Wildman–Crippen LogP) is 1.81. The number of carbonyl (C=O) groups excluding carboxylic acids is 4. The molecule has 0 radical (unpaired) electrons. The summed E-state index contributed by atoms with van der Waals surface area (Å²) in [4.78, 5) is 48.6. The van der Waals surface area contributed by atoms with E-state index in [-0.39, 0.29) is 45.0 Å². The molecule has 1 aromatic carbocycles. The van der Waals surface area contributed by atoms with Crippen LogP contribution in [0.25, 0.3) is 0 Å². The Balaban J connectivity index is 0.000000316. The zero-order valence-electron chi connectivity index (χ0n) is 16.5. The fraction of sp³-hybridized carbons (Fsp3) is 0.444. The maximum atomic E-state index is 13.0. The standard InChI is InChI=1S/C10H8F4O3.C8H11NO5/c1-16-3-2-7(15)17-10-6(12)4-5(11)8(13)9(10)14;1-13-5-4-8(12)14-9-6(10)2-3-7(9)11/h4H,2-3H2,1H3;2-5H2,1H3. The van der Waals surface area contributed by atoms with Crippen LogP contribution in [0.15, 0.2) is 6.07 Å². The molecule has 2 rings (SSSR count). The van der Waals surface area contributed by atoms with E-state index >= 15 is 0 Å². The van der Waals surface area contributed by atoms with Crippen LogP contribution < -0.4 is 4.74 Å². The Kier molecular flexibility index (Phi) is 10.6. The van der Waals surface area contributed by atoms with Crippen LogP contribution in [0.5, 0.6) is 5.75 Å². The summed E-state index contributed by atoms with van der Waals surface area (Å²) in [5.41, 5.74) is 0. The molecule has 1 saturated heterocycles. The van der Waals surface area contributed by atoms with Crippen LogP contribution >= 0.6 is 0 Å². The largest absolute Gasteiger partial charge is 0.420 e. The number of rotatable bonds is 8. The molecule has 172 valence electrons. The predicted molar refractivity (Wildman–Crippen MR) is 92.1 cm³/mol. The van der Waals surface area contributed by atoms with Crippen LogP contribution in [0.2, 0.25) is 0 Å². The number of ether oxygens (including phenoxy) is 3. The van der Waals surface area contributed by atoms with Gasteiger partial charge in [0, 0.05) is 33.1 Å². The summed E-state index contributed by atoms with van der Waals surface area (Å²) >= 11 is 0. The van der Waals surface area contributed by atoms with E-state index in [0.29, 0.717) is 5.06 Å². The van der Waals surface area contributed by atoms with E-state index < -0.39 is 52.8 Å². The molecule has 2 amide bonds. The van der Waals surface area contributed by atoms with Crippen molar-refractivity contribution in [1.29, 1.82) is 0 Å². The number of methoxy groups -OCH3 is 2. The highest BCUT2D eigenvalue weighted by Crippen LogP contribution is 2.26. The summed E-state index contributed by atoms with van der Waals surface area (Å²) in [6.07, 6.45) is -0.0330. The highest BCUT2D eigenvalue weighted by Gasteiger charge is 2.32. The van der Waals surface area contributed by atoms with Crippen molar-refractivity contribution < 1.29 is 55.8 Å². The van der Waals surface area contributed by atoms with Crippen LogP contribution in [0.1, 0.15) is 25.7 Å². The second-order valence-electron chi connectivity index (χ2n) is 5.80. The quantitative estimate of drug-likeness (QED) is 0.147. The van der Waals surface area contributed by atoms with E-state index in [2.05, 4.69) is 19.0 Å². The van der Waals surface area contributed by atoms with Crippen LogP contribution in [0.4, 0.5) is 17.6 Å². The molecule has 0 unspecified atom stereocenters. The van der Waals surface area contributed by atoms with Gasteiger partial charge in [0.25, 0.3) is 11.8 Å². The van der Waals surface area contributed by atoms with Gasteiger partial charge in [-0.25, -0.2) is 18.0 Å². The topological polar surface area (TPSA) is 108 Å². The van der Waals surface area contributed by atoms with Gasteiger partial charge in [0.15, 0.2) is 17.5 Å². The van der Waals surface area contributed by atoms with E-state index in [4.69, 9.17) is 0 Å². The number of nitrogens with zero attached hydrogens (tertiary/aromatic N) is 1. The number of esters is 1. The Morgan fingerprint density at radius 3 is 1.90 bits per heavy atom. The Morgan fingerprint density at radius 1 is 0.871 bits per heavy atom. The van der Waals surface area contributed by atoms with Gasteiger partial charge >= 0.3 is 11.9 Å². The molecule has 1 heterocycles. The first kappa shape index (κ1) is 26.0. The number of benzene rings is 1. The average Bonchev–Trinajstić information content (AvgIpc) is 3.04. The number of hydrogen-bond acceptors (Lipinski definition) is 8. The molecule has 1 aliphatic heterocycles. The maximum absolute atomic E-state index is 13.0. The van der Waals surface area contributed by atoms with E-state index in [1.807, 2.05) is 0 Å². The lowest BCUT2D eigenvalue weighted by molar-refractivity contribution is -0.198. The fourth-order valence-electron chi connectivity index (χ4n) is 1.98. The highest BCUT2D eigenvalue weighted by molar-refractivity contribution is 6.01. The molecule has 9 nitrogen and oxygen atoms in total. The lowest BCUT2D eigenvalue weighted by atomic mass is 10.3. The Hall–Kier alpha value is -3.06. The SMILES string of the molecule is COCCC(=O)ON1C(=O)CCC1=O.COCCC(=O)Oc1c(F)cc(F)c(F)c1F. The normalized spacial score (nSPS) is 13.0. The number of hydroxylamine groups is 2. The molecular formula is C18H19F4NO8. The number of amides is 2. The molecule has 31 heavy (non-hydrogen) atoms. The zero-order chi connectivity index (χ0) is 23.6. The zero-order valence-corrected chi connectivity index (χ0v) is 16.5. The third kappa shape index (κ3) is 7.94. The molecule has 0 atom stereocenters. The molecule has 0 spiro atoms. The fourth-order valence-corrected chi connectivity index (χ4v) is 1.98. The number of halogens is 4. The molecule has 0 N–H and O–H groups in total. The highest BCUT2D eigenvalue weighted by atomic mass is 19.2. The van der Waals surface area contributed by atoms with Gasteiger partial charge < -0.3 is 19.0 Å². The molecule has 1 fully saturated rings. The minimum Gasteiger partial charge on any atom is -0.420 e. The first-order valence-corrected chi connectivity index (χ1v) is 8.70. The number of carbonyl (C=O) groups is 4. The van der Waals surface area contributed by atoms with Gasteiger partial charge in [-0.1, -0.05) is 0 Å². The van der Waals surface area contributed by atoms with Crippen LogP contribution in [0.3, 0.4) is 0 Å². The Labute approximate surface area is 173 Å². The second kappa shape index (κ2) is 12.6. The Morgan fingerprint density at radius 2 is 1.39 bits per heavy atom. The lowest BCUT2D eigenvalue weighted by Gasteiger charge is -2.11. The lowest BCUT2D eigenvalue weighted by Crippen LogP contribution is -2.32. The van der Waals surface area contributed by atoms with Crippen molar-refractivity contribution >= 4 is 23.8 Å². The minimum absolute atomic E-state index is 0.0214. The van der Waals surface area contributed by atoms with Crippen molar-refractivity contribution in [3.05, 3.63) is 29.3 Å². The molecule has 0 bridgehead atoms. The van der Waals surface area contributed by atoms with Crippen molar-refractivity contribution in [3.63, 3.8) is 0 Å². The van der Waals surface area contributed by atoms with Gasteiger partial charge in [0.05, 0.1) is 26.1 Å². The van der Waals surface area contributed by atoms with Gasteiger partial charge in [-0.3, -0.25) is 14.4 Å². The molecule has 0 aromatic heterocycles. The summed E-state index contributed by atoms with van der Waals surface area (Å²) in [7, 11) is 2.76. The molecule has 0 aliphatic carbocycles. The minimum atomic E-state index is -1.90. The first-order chi connectivity index (χ1) is 14.6. The van der Waals surface area contributed by atoms with Crippen molar-refractivity contribution in [2.45, 2.75) is 25.7 Å². The van der Waals surface area contributed by atoms with Crippen LogP contribution in [-0.2, 0) is 33.5 Å². The van der Waals surface area contributed by atoms with E-state index in [1.54, 1.807) is 0 Å². The third-order valence-electron chi connectivity index (χ3n) is 3.51. The van der Waals surface area contributed by atoms with Gasteiger partial charge in [-0.05, 0) is 0 Å². The third-order valence-corrected chi connectivity index (χ3v) is 3.51. The Bertz CT molecular complexity index is 817. The van der Waals surface area contributed by atoms with Gasteiger partial charge in [-0.15, -0.1) is 5.06 Å². The number of imide groups is 1. The average molecular weight is 453 g/mol. The van der Waals surface area contributed by atoms with Crippen LogP contribution in [0, 0.1) is 23.3 Å². The van der Waals surface area contributed by atoms with E-state index in [0.717, 1.165) is 0 Å². The summed E-state index contributed by atoms with van der Waals surface area (Å²) in [6.45, 7) is 0.181. The van der Waals surface area contributed by atoms with Gasteiger partial charge in [0.1, 0.15) is 0 Å². The molecule has 13 heteroatoms. The van der Waals surface area contributed by atoms with Crippen molar-refractivity contribution in [2.75, 3.05) is 27.4 Å². The van der Waals surface area contributed by atoms with Gasteiger partial charge in [-0.2, -0.15) is 4.39 Å². The summed E-state index contributed by atoms with van der Waals surface area (Å²) in [5, 5.41) is 0.526. The molecule has 1 aromatic rings. The summed E-state index contributed by atoms with van der Waals surface area (Å²) < 4.78 is 64.8. The van der Waals surface area contributed by atoms with Crippen molar-refractivity contribution in [3.8, 4) is 5.75 Å². The van der Waals surface area contributed by atoms with Crippen LogP contribution in [-0.4, -0.2) is 56.2 Å². The van der Waals surface area contributed by atoms with E-state index in [9.17, 15) is 36.7 Å².